The smallest absolute Gasteiger partial charge is 0.0481 e. The number of rotatable bonds is 1. The van der Waals surface area contributed by atoms with Gasteiger partial charge in [0.05, 0.1) is 0 Å². The maximum Gasteiger partial charge on any atom is 0.0481 e. The van der Waals surface area contributed by atoms with E-state index in [1.165, 1.54) is 12.1 Å². The summed E-state index contributed by atoms with van der Waals surface area (Å²) < 4.78 is 5.56. The summed E-state index contributed by atoms with van der Waals surface area (Å²) in [5.74, 6) is 0. The van der Waals surface area contributed by atoms with Gasteiger partial charge in [0.15, 0.2) is 0 Å². The highest BCUT2D eigenvalue weighted by Crippen LogP contribution is 2.22. The third kappa shape index (κ3) is 1.73. The third-order valence-electron chi connectivity index (χ3n) is 1.86. The summed E-state index contributed by atoms with van der Waals surface area (Å²) in [5, 5.41) is 0. The van der Waals surface area contributed by atoms with Crippen LogP contribution in [0.4, 0.5) is 5.69 Å². The summed E-state index contributed by atoms with van der Waals surface area (Å²) >= 11 is 1.70. The first kappa shape index (κ1) is 7.95. The highest BCUT2D eigenvalue weighted by atomic mass is 32.2. The highest BCUT2D eigenvalue weighted by Gasteiger charge is 2.09. The molecule has 1 N–H and O–H groups in total. The molecule has 64 valence electrons. The maximum absolute atomic E-state index is 3.28. The van der Waals surface area contributed by atoms with Crippen LogP contribution in [0.15, 0.2) is 30.3 Å². The number of hydrogen-bond acceptors (Lipinski definition) is 3. The summed E-state index contributed by atoms with van der Waals surface area (Å²) in [6.45, 7) is 2.26. The van der Waals surface area contributed by atoms with Crippen molar-refractivity contribution in [3.8, 4) is 0 Å². The van der Waals surface area contributed by atoms with Gasteiger partial charge in [0.2, 0.25) is 0 Å². The van der Waals surface area contributed by atoms with E-state index in [0.717, 1.165) is 13.1 Å². The van der Waals surface area contributed by atoms with Gasteiger partial charge in [-0.15, -0.1) is 0 Å². The Balaban J connectivity index is 2.08. The predicted molar refractivity (Wildman–Crippen MR) is 54.0 cm³/mol. The van der Waals surface area contributed by atoms with Crippen molar-refractivity contribution in [2.24, 2.45) is 0 Å². The van der Waals surface area contributed by atoms with Crippen LogP contribution >= 0.6 is 12.1 Å². The zero-order valence-electron chi connectivity index (χ0n) is 6.86. The van der Waals surface area contributed by atoms with Crippen LogP contribution in [0.2, 0.25) is 0 Å². The van der Waals surface area contributed by atoms with Gasteiger partial charge in [0.25, 0.3) is 0 Å². The van der Waals surface area contributed by atoms with Crippen LogP contribution in [0.1, 0.15) is 6.42 Å². The second kappa shape index (κ2) is 3.83. The number of benzene rings is 1. The maximum atomic E-state index is 3.28. The largest absolute Gasteiger partial charge is 0.303 e. The molecule has 1 fully saturated rings. The first-order valence-electron chi connectivity index (χ1n) is 4.19. The van der Waals surface area contributed by atoms with Crippen molar-refractivity contribution in [3.05, 3.63) is 30.3 Å². The fourth-order valence-corrected chi connectivity index (χ4v) is 2.08. The van der Waals surface area contributed by atoms with Gasteiger partial charge in [0, 0.05) is 30.9 Å². The molecule has 2 rings (SSSR count). The Hall–Kier alpha value is -0.670. The minimum absolute atomic E-state index is 1.12. The van der Waals surface area contributed by atoms with Gasteiger partial charge in [-0.1, -0.05) is 18.2 Å². The van der Waals surface area contributed by atoms with E-state index in [9.17, 15) is 0 Å². The van der Waals surface area contributed by atoms with E-state index >= 15 is 0 Å². The zero-order chi connectivity index (χ0) is 8.23. The van der Waals surface area contributed by atoms with Gasteiger partial charge in [0.1, 0.15) is 0 Å². The molecule has 3 heteroatoms. The van der Waals surface area contributed by atoms with Gasteiger partial charge in [-0.3, -0.25) is 0 Å². The summed E-state index contributed by atoms with van der Waals surface area (Å²) in [6, 6.07) is 10.5. The van der Waals surface area contributed by atoms with Gasteiger partial charge in [-0.25, -0.2) is 4.72 Å². The van der Waals surface area contributed by atoms with Crippen LogP contribution in [0, 0.1) is 0 Å². The molecule has 0 amide bonds. The molecule has 0 radical (unpaired) electrons. The first-order valence-corrected chi connectivity index (χ1v) is 4.96. The summed E-state index contributed by atoms with van der Waals surface area (Å²) in [6.07, 6.45) is 1.22. The lowest BCUT2D eigenvalue weighted by Gasteiger charge is -2.27. The SMILES string of the molecule is c1ccc(N2CCCNS2)cc1. The van der Waals surface area contributed by atoms with E-state index in [0.29, 0.717) is 0 Å². The van der Waals surface area contributed by atoms with Crippen molar-refractivity contribution in [2.45, 2.75) is 6.42 Å². The van der Waals surface area contributed by atoms with Crippen LogP contribution in [0.3, 0.4) is 0 Å². The van der Waals surface area contributed by atoms with Crippen LogP contribution in [0.5, 0.6) is 0 Å². The molecule has 0 spiro atoms. The molecule has 1 aliphatic heterocycles. The molecule has 1 aromatic carbocycles. The topological polar surface area (TPSA) is 15.3 Å². The van der Waals surface area contributed by atoms with Crippen LogP contribution in [-0.4, -0.2) is 13.1 Å². The molecule has 0 aliphatic carbocycles. The summed E-state index contributed by atoms with van der Waals surface area (Å²) in [5.41, 5.74) is 1.29. The molecule has 0 unspecified atom stereocenters. The number of hydrogen-bond donors (Lipinski definition) is 1. The lowest BCUT2D eigenvalue weighted by Crippen LogP contribution is -2.29. The fraction of sp³-hybridized carbons (Fsp3) is 0.333. The molecule has 0 atom stereocenters. The quantitative estimate of drug-likeness (QED) is 0.666. The Bertz CT molecular complexity index is 232. The van der Waals surface area contributed by atoms with E-state index in [2.05, 4.69) is 33.3 Å². The van der Waals surface area contributed by atoms with Crippen LogP contribution < -0.4 is 9.03 Å². The standard InChI is InChI=1S/C9H12N2S/c1-2-5-9(6-3-1)11-8-4-7-10-12-11/h1-3,5-6,10H,4,7-8H2. The van der Waals surface area contributed by atoms with Crippen molar-refractivity contribution in [3.63, 3.8) is 0 Å². The Morgan fingerprint density at radius 2 is 2.08 bits per heavy atom. The molecular weight excluding hydrogens is 168 g/mol. The molecule has 1 aromatic rings. The Labute approximate surface area is 77.2 Å². The second-order valence-corrected chi connectivity index (χ2v) is 3.69. The Morgan fingerprint density at radius 1 is 1.25 bits per heavy atom. The van der Waals surface area contributed by atoms with E-state index < -0.39 is 0 Å². The van der Waals surface area contributed by atoms with Gasteiger partial charge in [-0.05, 0) is 18.6 Å². The Morgan fingerprint density at radius 3 is 2.75 bits per heavy atom. The second-order valence-electron chi connectivity index (χ2n) is 2.78. The van der Waals surface area contributed by atoms with E-state index in [1.54, 1.807) is 12.1 Å². The van der Waals surface area contributed by atoms with E-state index in [1.807, 2.05) is 6.07 Å². The molecule has 0 aromatic heterocycles. The minimum Gasteiger partial charge on any atom is -0.303 e. The normalized spacial score (nSPS) is 17.8. The number of nitrogens with zero attached hydrogens (tertiary/aromatic N) is 1. The number of nitrogens with one attached hydrogen (secondary N) is 1. The predicted octanol–water partition coefficient (Wildman–Crippen LogP) is 2.05. The van der Waals surface area contributed by atoms with Crippen molar-refractivity contribution < 1.29 is 0 Å². The van der Waals surface area contributed by atoms with Gasteiger partial charge < -0.3 is 4.31 Å². The molecule has 12 heavy (non-hydrogen) atoms. The third-order valence-corrected chi connectivity index (χ3v) is 2.81. The van der Waals surface area contributed by atoms with Gasteiger partial charge >= 0.3 is 0 Å². The summed E-state index contributed by atoms with van der Waals surface area (Å²) in [7, 11) is 0. The lowest BCUT2D eigenvalue weighted by atomic mass is 10.3. The molecule has 0 bridgehead atoms. The molecule has 0 saturated carbocycles. The highest BCUT2D eigenvalue weighted by molar-refractivity contribution is 7.98. The monoisotopic (exact) mass is 180 g/mol. The molecule has 2 nitrogen and oxygen atoms in total. The van der Waals surface area contributed by atoms with Crippen molar-refractivity contribution in [1.29, 1.82) is 0 Å². The molecular formula is C9H12N2S. The first-order chi connectivity index (χ1) is 5.97. The van der Waals surface area contributed by atoms with Crippen LogP contribution in [-0.2, 0) is 0 Å². The average molecular weight is 180 g/mol. The molecule has 1 aliphatic rings. The number of para-hydroxylation sites is 1. The van der Waals surface area contributed by atoms with E-state index in [4.69, 9.17) is 0 Å². The fourth-order valence-electron chi connectivity index (χ4n) is 1.24. The molecule has 1 saturated heterocycles. The van der Waals surface area contributed by atoms with Gasteiger partial charge in [-0.2, -0.15) is 0 Å². The van der Waals surface area contributed by atoms with Crippen LogP contribution in [0.25, 0.3) is 0 Å². The van der Waals surface area contributed by atoms with Crippen molar-refractivity contribution in [2.75, 3.05) is 17.4 Å². The zero-order valence-corrected chi connectivity index (χ0v) is 7.68. The van der Waals surface area contributed by atoms with Crippen molar-refractivity contribution in [1.82, 2.24) is 4.72 Å². The number of anilines is 1. The average Bonchev–Trinajstić information content (AvgIpc) is 2.21. The summed E-state index contributed by atoms with van der Waals surface area (Å²) in [4.78, 5) is 0. The van der Waals surface area contributed by atoms with E-state index in [-0.39, 0.29) is 0 Å². The lowest BCUT2D eigenvalue weighted by molar-refractivity contribution is 0.777. The minimum atomic E-state index is 1.12. The Kier molecular flexibility index (Phi) is 2.54. The molecule has 1 heterocycles. The van der Waals surface area contributed by atoms with Crippen molar-refractivity contribution >= 4 is 17.8 Å².